The summed E-state index contributed by atoms with van der Waals surface area (Å²) in [6.07, 6.45) is 0. The van der Waals surface area contributed by atoms with E-state index in [4.69, 9.17) is 0 Å². The van der Waals surface area contributed by atoms with E-state index in [0.29, 0.717) is 11.3 Å². The Morgan fingerprint density at radius 1 is 1.25 bits per heavy atom. The lowest BCUT2D eigenvalue weighted by molar-refractivity contribution is 0.0175. The lowest BCUT2D eigenvalue weighted by Gasteiger charge is -2.12. The number of anilines is 1. The van der Waals surface area contributed by atoms with Crippen LogP contribution in [-0.2, 0) is 5.92 Å². The summed E-state index contributed by atoms with van der Waals surface area (Å²) in [5.74, 6) is -3.20. The van der Waals surface area contributed by atoms with Gasteiger partial charge in [0, 0.05) is 27.9 Å². The maximum atomic E-state index is 13.3. The monoisotopic (exact) mass is 295 g/mol. The number of carbonyl (C=O) groups is 1. The molecule has 1 N–H and O–H groups in total. The van der Waals surface area contributed by atoms with E-state index >= 15 is 0 Å². The normalized spacial score (nSPS) is 11.4. The van der Waals surface area contributed by atoms with Gasteiger partial charge in [-0.15, -0.1) is 11.3 Å². The van der Waals surface area contributed by atoms with Gasteiger partial charge < -0.3 is 5.32 Å². The van der Waals surface area contributed by atoms with Crippen LogP contribution in [0.4, 0.5) is 14.5 Å². The maximum Gasteiger partial charge on any atom is 0.270 e. The molecule has 0 bridgehead atoms. The molecule has 0 aliphatic rings. The average molecular weight is 295 g/mol. The third kappa shape index (κ3) is 3.22. The van der Waals surface area contributed by atoms with Gasteiger partial charge in [-0.1, -0.05) is 12.1 Å². The van der Waals surface area contributed by atoms with E-state index in [9.17, 15) is 13.6 Å². The Morgan fingerprint density at radius 3 is 2.50 bits per heavy atom. The number of carbonyl (C=O) groups excluding carboxylic acids is 1. The number of halogens is 2. The molecule has 1 aromatic heterocycles. The summed E-state index contributed by atoms with van der Waals surface area (Å²) < 4.78 is 26.5. The first-order chi connectivity index (χ1) is 9.27. The molecule has 0 radical (unpaired) electrons. The molecule has 0 saturated carbocycles. The van der Waals surface area contributed by atoms with Crippen LogP contribution >= 0.6 is 11.3 Å². The molecule has 1 amide bonds. The van der Waals surface area contributed by atoms with Gasteiger partial charge >= 0.3 is 0 Å². The molecule has 106 valence electrons. The fourth-order valence-electron chi connectivity index (χ4n) is 1.92. The second kappa shape index (κ2) is 5.32. The van der Waals surface area contributed by atoms with Crippen LogP contribution in [0.15, 0.2) is 30.3 Å². The summed E-state index contributed by atoms with van der Waals surface area (Å²) in [5.41, 5.74) is 0.840. The van der Waals surface area contributed by atoms with Crippen molar-refractivity contribution in [3.8, 4) is 0 Å². The number of thiophene rings is 1. The van der Waals surface area contributed by atoms with Crippen LogP contribution in [0, 0.1) is 13.8 Å². The van der Waals surface area contributed by atoms with E-state index in [-0.39, 0.29) is 11.5 Å². The highest BCUT2D eigenvalue weighted by atomic mass is 32.1. The van der Waals surface area contributed by atoms with Gasteiger partial charge in [-0.2, -0.15) is 0 Å². The molecule has 2 aromatic rings. The number of nitrogens with one attached hydrogen (secondary N) is 1. The zero-order valence-electron chi connectivity index (χ0n) is 11.5. The van der Waals surface area contributed by atoms with Crippen molar-refractivity contribution in [2.45, 2.75) is 26.7 Å². The minimum Gasteiger partial charge on any atom is -0.322 e. The Hall–Kier alpha value is -1.75. The van der Waals surface area contributed by atoms with Crippen molar-refractivity contribution in [1.29, 1.82) is 0 Å². The highest BCUT2D eigenvalue weighted by Gasteiger charge is 2.24. The first-order valence-corrected chi connectivity index (χ1v) is 6.96. The Morgan fingerprint density at radius 2 is 1.95 bits per heavy atom. The molecular weight excluding hydrogens is 280 g/mol. The van der Waals surface area contributed by atoms with Crippen molar-refractivity contribution in [1.82, 2.24) is 0 Å². The molecule has 0 unspecified atom stereocenters. The molecule has 2 rings (SSSR count). The third-order valence-corrected chi connectivity index (χ3v) is 3.88. The Kier molecular flexibility index (Phi) is 3.90. The van der Waals surface area contributed by atoms with Gasteiger partial charge in [0.15, 0.2) is 0 Å². The quantitative estimate of drug-likeness (QED) is 0.871. The largest absolute Gasteiger partial charge is 0.322 e. The Bertz CT molecular complexity index is 644. The predicted octanol–water partition coefficient (Wildman–Crippen LogP) is 4.73. The fourth-order valence-corrected chi connectivity index (χ4v) is 2.85. The van der Waals surface area contributed by atoms with Crippen LogP contribution in [0.2, 0.25) is 0 Å². The molecule has 0 fully saturated rings. The zero-order valence-corrected chi connectivity index (χ0v) is 12.3. The van der Waals surface area contributed by atoms with Crippen molar-refractivity contribution in [3.05, 3.63) is 51.2 Å². The Balaban J connectivity index is 2.22. The molecule has 0 spiro atoms. The molecule has 5 heteroatoms. The number of alkyl halides is 2. The molecule has 2 nitrogen and oxygen atoms in total. The van der Waals surface area contributed by atoms with Crippen LogP contribution in [-0.4, -0.2) is 5.91 Å². The lowest BCUT2D eigenvalue weighted by Crippen LogP contribution is -2.13. The van der Waals surface area contributed by atoms with Crippen molar-refractivity contribution < 1.29 is 13.6 Å². The highest BCUT2D eigenvalue weighted by Crippen LogP contribution is 2.29. The standard InChI is InChI=1S/C15H15F2NOS/c1-9-7-13(10(2)20-9)14(19)18-12-6-4-5-11(8-12)15(3,16)17/h4-8H,1-3H3,(H,18,19). The van der Waals surface area contributed by atoms with Crippen molar-refractivity contribution in [3.63, 3.8) is 0 Å². The number of benzene rings is 1. The SMILES string of the molecule is Cc1cc(C(=O)Nc2cccc(C(C)(F)F)c2)c(C)s1. The highest BCUT2D eigenvalue weighted by molar-refractivity contribution is 7.12. The van der Waals surface area contributed by atoms with E-state index in [1.54, 1.807) is 12.1 Å². The molecular formula is C15H15F2NOS. The Labute approximate surface area is 120 Å². The van der Waals surface area contributed by atoms with Crippen LogP contribution in [0.3, 0.4) is 0 Å². The van der Waals surface area contributed by atoms with Gasteiger partial charge in [-0.25, -0.2) is 8.78 Å². The van der Waals surface area contributed by atoms with E-state index in [1.807, 2.05) is 13.8 Å². The van der Waals surface area contributed by atoms with E-state index < -0.39 is 5.92 Å². The van der Waals surface area contributed by atoms with Gasteiger partial charge in [0.2, 0.25) is 0 Å². The first kappa shape index (κ1) is 14.7. The van der Waals surface area contributed by atoms with Crippen molar-refractivity contribution >= 4 is 22.9 Å². The smallest absolute Gasteiger partial charge is 0.270 e. The number of rotatable bonds is 3. The molecule has 1 heterocycles. The molecule has 0 atom stereocenters. The van der Waals surface area contributed by atoms with E-state index in [2.05, 4.69) is 5.32 Å². The number of hydrogen-bond donors (Lipinski definition) is 1. The minimum atomic E-state index is -2.92. The third-order valence-electron chi connectivity index (χ3n) is 2.91. The van der Waals surface area contributed by atoms with Crippen LogP contribution in [0.5, 0.6) is 0 Å². The first-order valence-electron chi connectivity index (χ1n) is 6.14. The molecule has 1 aromatic carbocycles. The predicted molar refractivity (Wildman–Crippen MR) is 77.8 cm³/mol. The summed E-state index contributed by atoms with van der Waals surface area (Å²) in [6, 6.07) is 7.55. The summed E-state index contributed by atoms with van der Waals surface area (Å²) in [7, 11) is 0. The second-order valence-electron chi connectivity index (χ2n) is 4.75. The zero-order chi connectivity index (χ0) is 14.9. The summed E-state index contributed by atoms with van der Waals surface area (Å²) >= 11 is 1.53. The molecule has 0 saturated heterocycles. The van der Waals surface area contributed by atoms with E-state index in [0.717, 1.165) is 16.7 Å². The number of amides is 1. The second-order valence-corrected chi connectivity index (χ2v) is 6.21. The van der Waals surface area contributed by atoms with Crippen LogP contribution in [0.25, 0.3) is 0 Å². The average Bonchev–Trinajstić information content (AvgIpc) is 2.68. The lowest BCUT2D eigenvalue weighted by atomic mass is 10.1. The summed E-state index contributed by atoms with van der Waals surface area (Å²) in [4.78, 5) is 14.1. The summed E-state index contributed by atoms with van der Waals surface area (Å²) in [6.45, 7) is 4.62. The maximum absolute atomic E-state index is 13.3. The molecule has 20 heavy (non-hydrogen) atoms. The van der Waals surface area contributed by atoms with Gasteiger partial charge in [-0.05, 0) is 32.0 Å². The van der Waals surface area contributed by atoms with Crippen molar-refractivity contribution in [2.24, 2.45) is 0 Å². The van der Waals surface area contributed by atoms with Gasteiger partial charge in [0.1, 0.15) is 0 Å². The van der Waals surface area contributed by atoms with Gasteiger partial charge in [0.05, 0.1) is 5.56 Å². The molecule has 0 aliphatic heterocycles. The van der Waals surface area contributed by atoms with E-state index in [1.165, 1.54) is 29.5 Å². The van der Waals surface area contributed by atoms with Crippen LogP contribution in [0.1, 0.15) is 32.6 Å². The van der Waals surface area contributed by atoms with Gasteiger partial charge in [-0.3, -0.25) is 4.79 Å². The van der Waals surface area contributed by atoms with Gasteiger partial charge in [0.25, 0.3) is 11.8 Å². The number of aryl methyl sites for hydroxylation is 2. The molecule has 0 aliphatic carbocycles. The minimum absolute atomic E-state index is 0.117. The van der Waals surface area contributed by atoms with Crippen LogP contribution < -0.4 is 5.32 Å². The number of hydrogen-bond acceptors (Lipinski definition) is 2. The topological polar surface area (TPSA) is 29.1 Å². The fraction of sp³-hybridized carbons (Fsp3) is 0.267. The summed E-state index contributed by atoms with van der Waals surface area (Å²) in [5, 5.41) is 2.66. The van der Waals surface area contributed by atoms with Crippen molar-refractivity contribution in [2.75, 3.05) is 5.32 Å².